The first-order valence-corrected chi connectivity index (χ1v) is 9.90. The minimum absolute atomic E-state index is 0.0146. The molecule has 6 nitrogen and oxygen atoms in total. The molecule has 2 saturated heterocycles. The smallest absolute Gasteiger partial charge is 0.255 e. The summed E-state index contributed by atoms with van der Waals surface area (Å²) in [6, 6.07) is 11.0. The van der Waals surface area contributed by atoms with Gasteiger partial charge in [0.25, 0.3) is 5.91 Å². The number of aromatic nitrogens is 1. The summed E-state index contributed by atoms with van der Waals surface area (Å²) in [4.78, 5) is 19.0. The van der Waals surface area contributed by atoms with Gasteiger partial charge in [-0.25, -0.2) is 4.98 Å². The molecule has 1 aromatic heterocycles. The fraction of sp³-hybridized carbons (Fsp3) is 0.400. The van der Waals surface area contributed by atoms with Crippen LogP contribution in [0.2, 0.25) is 0 Å². The molecule has 27 heavy (non-hydrogen) atoms. The number of halogens is 1. The van der Waals surface area contributed by atoms with Gasteiger partial charge < -0.3 is 19.1 Å². The number of rotatable bonds is 4. The summed E-state index contributed by atoms with van der Waals surface area (Å²) in [5, 5.41) is 0. The average Bonchev–Trinajstić information content (AvgIpc) is 3.23. The Kier molecular flexibility index (Phi) is 5.71. The molecule has 2 aliphatic heterocycles. The normalized spacial score (nSPS) is 20.6. The summed E-state index contributed by atoms with van der Waals surface area (Å²) in [6.07, 6.45) is 3.37. The fourth-order valence-electron chi connectivity index (χ4n) is 3.47. The van der Waals surface area contributed by atoms with Crippen molar-refractivity contribution in [2.45, 2.75) is 19.1 Å². The van der Waals surface area contributed by atoms with Crippen LogP contribution in [0.25, 0.3) is 0 Å². The highest BCUT2D eigenvalue weighted by atomic mass is 79.9. The second kappa shape index (κ2) is 8.37. The molecule has 2 fully saturated rings. The SMILES string of the molecule is O=C(c1ccc(Oc2cccc(Br)c2)nc1)N1CCCC(C2OCCO2)C1. The Bertz CT molecular complexity index is 793. The van der Waals surface area contributed by atoms with Crippen LogP contribution in [0.1, 0.15) is 23.2 Å². The fourth-order valence-corrected chi connectivity index (χ4v) is 3.84. The first-order valence-electron chi connectivity index (χ1n) is 9.11. The third-order valence-electron chi connectivity index (χ3n) is 4.78. The first kappa shape index (κ1) is 18.4. The minimum atomic E-state index is -0.181. The summed E-state index contributed by atoms with van der Waals surface area (Å²) in [5.74, 6) is 1.36. The van der Waals surface area contributed by atoms with Crippen LogP contribution >= 0.6 is 15.9 Å². The Hall–Kier alpha value is -1.96. The van der Waals surface area contributed by atoms with Gasteiger partial charge in [-0.15, -0.1) is 0 Å². The number of likely N-dealkylation sites (tertiary alicyclic amines) is 1. The molecule has 1 amide bonds. The van der Waals surface area contributed by atoms with E-state index in [0.717, 1.165) is 23.9 Å². The number of pyridine rings is 1. The third kappa shape index (κ3) is 4.48. The van der Waals surface area contributed by atoms with Crippen LogP contribution in [0, 0.1) is 5.92 Å². The van der Waals surface area contributed by atoms with Gasteiger partial charge in [-0.1, -0.05) is 22.0 Å². The molecule has 0 bridgehead atoms. The maximum Gasteiger partial charge on any atom is 0.255 e. The van der Waals surface area contributed by atoms with Gasteiger partial charge in [-0.2, -0.15) is 0 Å². The number of carbonyl (C=O) groups excluding carboxylic acids is 1. The van der Waals surface area contributed by atoms with Gasteiger partial charge in [0.05, 0.1) is 18.8 Å². The number of ether oxygens (including phenoxy) is 3. The molecule has 1 unspecified atom stereocenters. The maximum absolute atomic E-state index is 12.8. The summed E-state index contributed by atoms with van der Waals surface area (Å²) >= 11 is 3.41. The number of amides is 1. The summed E-state index contributed by atoms with van der Waals surface area (Å²) < 4.78 is 17.9. The van der Waals surface area contributed by atoms with Gasteiger partial charge in [0.15, 0.2) is 6.29 Å². The van der Waals surface area contributed by atoms with Crippen LogP contribution < -0.4 is 4.74 Å². The van der Waals surface area contributed by atoms with E-state index in [1.807, 2.05) is 29.2 Å². The monoisotopic (exact) mass is 432 g/mol. The zero-order valence-corrected chi connectivity index (χ0v) is 16.4. The molecule has 7 heteroatoms. The topological polar surface area (TPSA) is 60.9 Å². The molecule has 0 N–H and O–H groups in total. The lowest BCUT2D eigenvalue weighted by atomic mass is 9.97. The van der Waals surface area contributed by atoms with Gasteiger partial charge in [-0.05, 0) is 37.1 Å². The summed E-state index contributed by atoms with van der Waals surface area (Å²) in [7, 11) is 0. The number of piperidine rings is 1. The number of nitrogens with zero attached hydrogens (tertiary/aromatic N) is 2. The highest BCUT2D eigenvalue weighted by Gasteiger charge is 2.33. The number of benzene rings is 1. The van der Waals surface area contributed by atoms with Crippen molar-refractivity contribution in [3.63, 3.8) is 0 Å². The largest absolute Gasteiger partial charge is 0.439 e. The van der Waals surface area contributed by atoms with E-state index in [1.165, 1.54) is 0 Å². The van der Waals surface area contributed by atoms with Crippen LogP contribution in [0.4, 0.5) is 0 Å². The van der Waals surface area contributed by atoms with Gasteiger partial charge in [0, 0.05) is 35.7 Å². The standard InChI is InChI=1S/C20H21BrN2O4/c21-16-4-1-5-17(11-16)27-18-7-6-14(12-22-18)19(24)23-8-2-3-15(13-23)20-25-9-10-26-20/h1,4-7,11-12,15,20H,2-3,8-10,13H2. The molecular formula is C20H21BrN2O4. The second-order valence-corrected chi connectivity index (χ2v) is 7.62. The molecule has 0 radical (unpaired) electrons. The molecule has 1 aromatic carbocycles. The van der Waals surface area contributed by atoms with Crippen molar-refractivity contribution in [3.8, 4) is 11.6 Å². The Morgan fingerprint density at radius 2 is 2.07 bits per heavy atom. The molecule has 0 aliphatic carbocycles. The lowest BCUT2D eigenvalue weighted by Crippen LogP contribution is -2.43. The van der Waals surface area contributed by atoms with Gasteiger partial charge >= 0.3 is 0 Å². The number of hydrogen-bond acceptors (Lipinski definition) is 5. The van der Waals surface area contributed by atoms with Gasteiger partial charge in [-0.3, -0.25) is 4.79 Å². The molecule has 0 spiro atoms. The van der Waals surface area contributed by atoms with Crippen molar-refractivity contribution in [2.75, 3.05) is 26.3 Å². The van der Waals surface area contributed by atoms with Crippen molar-refractivity contribution in [2.24, 2.45) is 5.92 Å². The number of carbonyl (C=O) groups is 1. The highest BCUT2D eigenvalue weighted by Crippen LogP contribution is 2.27. The summed E-state index contributed by atoms with van der Waals surface area (Å²) in [5.41, 5.74) is 0.561. The quantitative estimate of drug-likeness (QED) is 0.733. The highest BCUT2D eigenvalue weighted by molar-refractivity contribution is 9.10. The summed E-state index contributed by atoms with van der Waals surface area (Å²) in [6.45, 7) is 2.68. The van der Waals surface area contributed by atoms with E-state index >= 15 is 0 Å². The van der Waals surface area contributed by atoms with E-state index in [9.17, 15) is 4.79 Å². The van der Waals surface area contributed by atoms with Crippen molar-refractivity contribution in [1.82, 2.24) is 9.88 Å². The van der Waals surface area contributed by atoms with Crippen LogP contribution in [-0.4, -0.2) is 48.4 Å². The lowest BCUT2D eigenvalue weighted by Gasteiger charge is -2.34. The molecule has 0 saturated carbocycles. The van der Waals surface area contributed by atoms with E-state index < -0.39 is 0 Å². The Morgan fingerprint density at radius 3 is 2.81 bits per heavy atom. The predicted octanol–water partition coefficient (Wildman–Crippen LogP) is 3.86. The Balaban J connectivity index is 1.39. The Labute approximate surface area is 166 Å². The van der Waals surface area contributed by atoms with E-state index in [-0.39, 0.29) is 18.1 Å². The molecule has 3 heterocycles. The Morgan fingerprint density at radius 1 is 1.22 bits per heavy atom. The van der Waals surface area contributed by atoms with Crippen molar-refractivity contribution >= 4 is 21.8 Å². The molecular weight excluding hydrogens is 412 g/mol. The zero-order chi connectivity index (χ0) is 18.6. The van der Waals surface area contributed by atoms with Gasteiger partial charge in [0.1, 0.15) is 5.75 Å². The number of hydrogen-bond donors (Lipinski definition) is 0. The van der Waals surface area contributed by atoms with Crippen LogP contribution in [0.3, 0.4) is 0 Å². The maximum atomic E-state index is 12.8. The van der Waals surface area contributed by atoms with E-state index in [4.69, 9.17) is 14.2 Å². The van der Waals surface area contributed by atoms with E-state index in [0.29, 0.717) is 37.0 Å². The molecule has 142 valence electrons. The third-order valence-corrected chi connectivity index (χ3v) is 5.27. The zero-order valence-electron chi connectivity index (χ0n) is 14.8. The van der Waals surface area contributed by atoms with E-state index in [1.54, 1.807) is 18.3 Å². The molecule has 4 rings (SSSR count). The van der Waals surface area contributed by atoms with Crippen molar-refractivity contribution in [3.05, 3.63) is 52.6 Å². The predicted molar refractivity (Wildman–Crippen MR) is 103 cm³/mol. The van der Waals surface area contributed by atoms with Crippen LogP contribution in [-0.2, 0) is 9.47 Å². The van der Waals surface area contributed by atoms with Crippen molar-refractivity contribution < 1.29 is 19.0 Å². The molecule has 2 aliphatic rings. The van der Waals surface area contributed by atoms with E-state index in [2.05, 4.69) is 20.9 Å². The minimum Gasteiger partial charge on any atom is -0.439 e. The molecule has 2 aromatic rings. The van der Waals surface area contributed by atoms with Crippen LogP contribution in [0.15, 0.2) is 47.1 Å². The lowest BCUT2D eigenvalue weighted by molar-refractivity contribution is -0.0969. The first-order chi connectivity index (χ1) is 13.2. The average molecular weight is 433 g/mol. The van der Waals surface area contributed by atoms with Crippen molar-refractivity contribution in [1.29, 1.82) is 0 Å². The van der Waals surface area contributed by atoms with Gasteiger partial charge in [0.2, 0.25) is 5.88 Å². The second-order valence-electron chi connectivity index (χ2n) is 6.71. The van der Waals surface area contributed by atoms with Crippen LogP contribution in [0.5, 0.6) is 11.6 Å². The molecule has 1 atom stereocenters.